The van der Waals surface area contributed by atoms with E-state index in [1.54, 1.807) is 0 Å². The highest BCUT2D eigenvalue weighted by atomic mass is 35.5. The molecule has 2 fully saturated rings. The van der Waals surface area contributed by atoms with E-state index < -0.39 is 6.10 Å². The van der Waals surface area contributed by atoms with Crippen molar-refractivity contribution in [3.05, 3.63) is 34.3 Å². The molecule has 2 unspecified atom stereocenters. The first kappa shape index (κ1) is 13.4. The number of aliphatic hydroxyl groups excluding tert-OH is 1. The van der Waals surface area contributed by atoms with E-state index in [4.69, 9.17) is 16.3 Å². The highest BCUT2D eigenvalue weighted by Gasteiger charge is 2.44. The third-order valence-electron chi connectivity index (χ3n) is 4.79. The van der Waals surface area contributed by atoms with Gasteiger partial charge >= 0.3 is 0 Å². The SMILES string of the molecule is Cc1cc(Cl)ccc1C(O)C1CCOC2(CCC2)C1. The molecule has 2 atom stereocenters. The van der Waals surface area contributed by atoms with E-state index in [1.165, 1.54) is 6.42 Å². The number of rotatable bonds is 2. The van der Waals surface area contributed by atoms with Gasteiger partial charge in [0.25, 0.3) is 0 Å². The lowest BCUT2D eigenvalue weighted by molar-refractivity contribution is -0.157. The van der Waals surface area contributed by atoms with Crippen molar-refractivity contribution in [3.8, 4) is 0 Å². The Morgan fingerprint density at radius 1 is 1.42 bits per heavy atom. The summed E-state index contributed by atoms with van der Waals surface area (Å²) < 4.78 is 5.93. The van der Waals surface area contributed by atoms with E-state index in [0.717, 1.165) is 48.4 Å². The van der Waals surface area contributed by atoms with Gasteiger partial charge in [0, 0.05) is 11.6 Å². The van der Waals surface area contributed by atoms with Crippen molar-refractivity contribution in [3.63, 3.8) is 0 Å². The quantitative estimate of drug-likeness (QED) is 0.886. The van der Waals surface area contributed by atoms with Crippen LogP contribution in [0, 0.1) is 12.8 Å². The molecule has 3 rings (SSSR count). The van der Waals surface area contributed by atoms with Crippen LogP contribution in [0.15, 0.2) is 18.2 Å². The van der Waals surface area contributed by atoms with Crippen molar-refractivity contribution in [2.45, 2.75) is 50.7 Å². The van der Waals surface area contributed by atoms with Crippen LogP contribution < -0.4 is 0 Å². The van der Waals surface area contributed by atoms with Gasteiger partial charge in [0.2, 0.25) is 0 Å². The molecule has 19 heavy (non-hydrogen) atoms. The lowest BCUT2D eigenvalue weighted by atomic mass is 9.70. The lowest BCUT2D eigenvalue weighted by Gasteiger charge is -2.48. The molecule has 2 nitrogen and oxygen atoms in total. The Bertz CT molecular complexity index is 468. The highest BCUT2D eigenvalue weighted by molar-refractivity contribution is 6.30. The monoisotopic (exact) mass is 280 g/mol. The Balaban J connectivity index is 1.77. The summed E-state index contributed by atoms with van der Waals surface area (Å²) in [5.74, 6) is 0.314. The van der Waals surface area contributed by atoms with Crippen LogP contribution in [0.4, 0.5) is 0 Å². The largest absolute Gasteiger partial charge is 0.388 e. The maximum atomic E-state index is 10.7. The average Bonchev–Trinajstić information content (AvgIpc) is 2.36. The Morgan fingerprint density at radius 3 is 2.84 bits per heavy atom. The molecule has 1 heterocycles. The second kappa shape index (κ2) is 5.08. The topological polar surface area (TPSA) is 29.5 Å². The second-order valence-corrected chi connectivity index (χ2v) is 6.52. The van der Waals surface area contributed by atoms with Crippen molar-refractivity contribution in [2.24, 2.45) is 5.92 Å². The standard InChI is InChI=1S/C16H21ClO2/c1-11-9-13(17)3-4-14(11)15(18)12-5-8-19-16(10-12)6-2-7-16/h3-4,9,12,15,18H,2,5-8,10H2,1H3. The summed E-state index contributed by atoms with van der Waals surface area (Å²) in [5.41, 5.74) is 2.18. The third kappa shape index (κ3) is 2.54. The zero-order valence-electron chi connectivity index (χ0n) is 11.4. The third-order valence-corrected chi connectivity index (χ3v) is 5.03. The fourth-order valence-electron chi connectivity index (χ4n) is 3.48. The zero-order chi connectivity index (χ0) is 13.5. The molecule has 1 saturated carbocycles. The van der Waals surface area contributed by atoms with E-state index in [-0.39, 0.29) is 5.60 Å². The second-order valence-electron chi connectivity index (χ2n) is 6.08. The minimum absolute atomic E-state index is 0.0875. The first-order valence-electron chi connectivity index (χ1n) is 7.18. The van der Waals surface area contributed by atoms with E-state index in [9.17, 15) is 5.11 Å². The summed E-state index contributed by atoms with van der Waals surface area (Å²) >= 11 is 5.98. The van der Waals surface area contributed by atoms with Gasteiger partial charge in [-0.25, -0.2) is 0 Å². The Hall–Kier alpha value is -0.570. The van der Waals surface area contributed by atoms with Crippen LogP contribution in [-0.2, 0) is 4.74 Å². The van der Waals surface area contributed by atoms with Crippen LogP contribution in [0.3, 0.4) is 0 Å². The van der Waals surface area contributed by atoms with E-state index in [0.29, 0.717) is 5.92 Å². The summed E-state index contributed by atoms with van der Waals surface area (Å²) in [6, 6.07) is 5.76. The van der Waals surface area contributed by atoms with Crippen molar-refractivity contribution in [2.75, 3.05) is 6.61 Å². The summed E-state index contributed by atoms with van der Waals surface area (Å²) in [4.78, 5) is 0. The predicted octanol–water partition coefficient (Wildman–Crippen LogP) is 4.03. The fraction of sp³-hybridized carbons (Fsp3) is 0.625. The van der Waals surface area contributed by atoms with E-state index >= 15 is 0 Å². The first-order valence-corrected chi connectivity index (χ1v) is 7.56. The Labute approximate surface area is 119 Å². The number of aliphatic hydroxyl groups is 1. The molecule has 1 aromatic carbocycles. The van der Waals surface area contributed by atoms with Crippen LogP contribution >= 0.6 is 11.6 Å². The normalized spacial score (nSPS) is 27.0. The molecular formula is C16H21ClO2. The maximum absolute atomic E-state index is 10.7. The summed E-state index contributed by atoms with van der Waals surface area (Å²) in [6.07, 6.45) is 5.15. The van der Waals surface area contributed by atoms with Crippen molar-refractivity contribution < 1.29 is 9.84 Å². The number of halogens is 1. The molecule has 1 N–H and O–H groups in total. The summed E-state index contributed by atoms with van der Waals surface area (Å²) in [5, 5.41) is 11.4. The van der Waals surface area contributed by atoms with Gasteiger partial charge in [-0.3, -0.25) is 0 Å². The van der Waals surface area contributed by atoms with Gasteiger partial charge in [0.1, 0.15) is 0 Å². The van der Waals surface area contributed by atoms with Crippen LogP contribution in [0.5, 0.6) is 0 Å². The van der Waals surface area contributed by atoms with Gasteiger partial charge in [0.05, 0.1) is 11.7 Å². The molecule has 1 aliphatic carbocycles. The summed E-state index contributed by atoms with van der Waals surface area (Å²) in [7, 11) is 0. The minimum atomic E-state index is -0.390. The Kier molecular flexibility index (Phi) is 3.59. The van der Waals surface area contributed by atoms with Crippen LogP contribution in [0.25, 0.3) is 0 Å². The van der Waals surface area contributed by atoms with Gasteiger partial charge in [-0.1, -0.05) is 17.7 Å². The molecule has 104 valence electrons. The maximum Gasteiger partial charge on any atom is 0.0822 e. The first-order chi connectivity index (χ1) is 9.10. The molecule has 0 radical (unpaired) electrons. The molecule has 0 amide bonds. The molecule has 1 spiro atoms. The Morgan fingerprint density at radius 2 is 2.21 bits per heavy atom. The molecule has 1 aliphatic heterocycles. The minimum Gasteiger partial charge on any atom is -0.388 e. The highest BCUT2D eigenvalue weighted by Crippen LogP contribution is 2.47. The number of aryl methyl sites for hydroxylation is 1. The van der Waals surface area contributed by atoms with Crippen LogP contribution in [0.2, 0.25) is 5.02 Å². The van der Waals surface area contributed by atoms with Crippen molar-refractivity contribution in [1.29, 1.82) is 0 Å². The van der Waals surface area contributed by atoms with Gasteiger partial charge < -0.3 is 9.84 Å². The van der Waals surface area contributed by atoms with E-state index in [2.05, 4.69) is 0 Å². The molecule has 1 aromatic rings. The van der Waals surface area contributed by atoms with Gasteiger partial charge in [-0.05, 0) is 68.2 Å². The van der Waals surface area contributed by atoms with Gasteiger partial charge in [-0.2, -0.15) is 0 Å². The number of hydrogen-bond donors (Lipinski definition) is 1. The van der Waals surface area contributed by atoms with Gasteiger partial charge in [-0.15, -0.1) is 0 Å². The van der Waals surface area contributed by atoms with Crippen LogP contribution in [-0.4, -0.2) is 17.3 Å². The number of ether oxygens (including phenoxy) is 1. The predicted molar refractivity (Wildman–Crippen MR) is 76.4 cm³/mol. The molecule has 0 bridgehead atoms. The average molecular weight is 281 g/mol. The fourth-order valence-corrected chi connectivity index (χ4v) is 3.71. The van der Waals surface area contributed by atoms with E-state index in [1.807, 2.05) is 25.1 Å². The number of hydrogen-bond acceptors (Lipinski definition) is 2. The lowest BCUT2D eigenvalue weighted by Crippen LogP contribution is -2.46. The number of benzene rings is 1. The molecule has 2 aliphatic rings. The van der Waals surface area contributed by atoms with Crippen molar-refractivity contribution >= 4 is 11.6 Å². The van der Waals surface area contributed by atoms with Gasteiger partial charge in [0.15, 0.2) is 0 Å². The molecule has 0 aromatic heterocycles. The molecule has 1 saturated heterocycles. The summed E-state index contributed by atoms with van der Waals surface area (Å²) in [6.45, 7) is 2.80. The molecule has 3 heteroatoms. The van der Waals surface area contributed by atoms with Crippen molar-refractivity contribution in [1.82, 2.24) is 0 Å². The van der Waals surface area contributed by atoms with Crippen LogP contribution in [0.1, 0.15) is 49.3 Å². The zero-order valence-corrected chi connectivity index (χ0v) is 12.1. The smallest absolute Gasteiger partial charge is 0.0822 e. The molecular weight excluding hydrogens is 260 g/mol.